The van der Waals surface area contributed by atoms with Crippen LogP contribution in [0.1, 0.15) is 400 Å². The number of allylic oxidation sites excluding steroid dienone is 3. The van der Waals surface area contributed by atoms with Gasteiger partial charge in [-0.3, -0.25) is 18.6 Å². The molecular weight excluding hydrogens is 1080 g/mol. The van der Waals surface area contributed by atoms with Crippen molar-refractivity contribution in [3.05, 3.63) is 24.3 Å². The van der Waals surface area contributed by atoms with Gasteiger partial charge in [-0.15, -0.1) is 0 Å². The van der Waals surface area contributed by atoms with Crippen molar-refractivity contribution in [2.24, 2.45) is 0 Å². The van der Waals surface area contributed by atoms with E-state index in [1.54, 1.807) is 0 Å². The number of hydrogen-bond donors (Lipinski definition) is 2. The van der Waals surface area contributed by atoms with E-state index in [9.17, 15) is 19.0 Å². The van der Waals surface area contributed by atoms with Gasteiger partial charge in [-0.05, 0) is 57.4 Å². The Morgan fingerprint density at radius 3 is 0.988 bits per heavy atom. The zero-order chi connectivity index (χ0) is 62.8. The number of nitrogens with one attached hydrogen (secondary N) is 1. The van der Waals surface area contributed by atoms with Crippen molar-refractivity contribution in [2.45, 2.75) is 412 Å². The maximum Gasteiger partial charge on any atom is 0.472 e. The van der Waals surface area contributed by atoms with Crippen LogP contribution in [-0.4, -0.2) is 74.3 Å². The molecule has 0 bridgehead atoms. The first kappa shape index (κ1) is 84.5. The van der Waals surface area contributed by atoms with Gasteiger partial charge in [0.2, 0.25) is 5.91 Å². The van der Waals surface area contributed by atoms with E-state index in [2.05, 4.69) is 44.3 Å². The number of carbonyl (C=O) groups excluding carboxylic acids is 2. The van der Waals surface area contributed by atoms with Crippen LogP contribution < -0.4 is 5.32 Å². The molecule has 0 fully saturated rings. The van der Waals surface area contributed by atoms with Gasteiger partial charge in [-0.25, -0.2) is 4.57 Å². The molecule has 0 aromatic rings. The number of phosphoric ester groups is 1. The maximum atomic E-state index is 13.6. The number of likely N-dealkylation sites (N-methyl/N-ethyl adjacent to an activating group) is 1. The van der Waals surface area contributed by atoms with Crippen LogP contribution in [0, 0.1) is 0 Å². The van der Waals surface area contributed by atoms with E-state index < -0.39 is 20.0 Å². The van der Waals surface area contributed by atoms with Crippen molar-refractivity contribution in [3.63, 3.8) is 0 Å². The predicted octanol–water partition coefficient (Wildman–Crippen LogP) is 24.4. The molecule has 0 aromatic heterocycles. The summed E-state index contributed by atoms with van der Waals surface area (Å²) in [7, 11) is 1.52. The molecule has 0 rings (SSSR count). The molecule has 3 atom stereocenters. The summed E-state index contributed by atoms with van der Waals surface area (Å²) in [6.45, 7) is 7.09. The van der Waals surface area contributed by atoms with Crippen LogP contribution in [0.3, 0.4) is 0 Å². The lowest BCUT2D eigenvalue weighted by atomic mass is 10.0. The second-order valence-corrected chi connectivity index (χ2v) is 29.0. The molecule has 10 heteroatoms. The summed E-state index contributed by atoms with van der Waals surface area (Å²) in [6.07, 6.45) is 82.1. The average Bonchev–Trinajstić information content (AvgIpc) is 3.65. The number of unbranched alkanes of at least 4 members (excludes halogenated alkanes) is 53. The van der Waals surface area contributed by atoms with Gasteiger partial charge in [-0.2, -0.15) is 0 Å². The summed E-state index contributed by atoms with van der Waals surface area (Å²) < 4.78 is 30.9. The molecule has 0 saturated carbocycles. The molecule has 86 heavy (non-hydrogen) atoms. The van der Waals surface area contributed by atoms with Gasteiger partial charge in [0.1, 0.15) is 19.3 Å². The Kier molecular flexibility index (Phi) is 65.2. The first-order valence-electron chi connectivity index (χ1n) is 38.2. The Balaban J connectivity index is 4.94. The van der Waals surface area contributed by atoms with Crippen LogP contribution in [0.4, 0.5) is 0 Å². The van der Waals surface area contributed by atoms with E-state index in [-0.39, 0.29) is 25.1 Å². The van der Waals surface area contributed by atoms with Crippen LogP contribution in [-0.2, 0) is 27.9 Å². The molecule has 9 nitrogen and oxygen atoms in total. The van der Waals surface area contributed by atoms with E-state index in [0.717, 1.165) is 57.8 Å². The molecule has 3 unspecified atom stereocenters. The fraction of sp³-hybridized carbons (Fsp3) is 0.921. The van der Waals surface area contributed by atoms with Crippen molar-refractivity contribution in [3.8, 4) is 0 Å². The van der Waals surface area contributed by atoms with Crippen molar-refractivity contribution < 1.29 is 37.3 Å². The smallest absolute Gasteiger partial charge is 0.456 e. The minimum atomic E-state index is -4.45. The van der Waals surface area contributed by atoms with Gasteiger partial charge in [0, 0.05) is 12.8 Å². The first-order chi connectivity index (χ1) is 41.9. The number of esters is 1. The minimum Gasteiger partial charge on any atom is -0.456 e. The molecule has 1 amide bonds. The van der Waals surface area contributed by atoms with Gasteiger partial charge < -0.3 is 19.4 Å². The lowest BCUT2D eigenvalue weighted by Crippen LogP contribution is -2.47. The number of ether oxygens (including phenoxy) is 1. The minimum absolute atomic E-state index is 0.0449. The number of amides is 1. The van der Waals surface area contributed by atoms with Crippen LogP contribution in [0.2, 0.25) is 0 Å². The maximum absolute atomic E-state index is 13.6. The van der Waals surface area contributed by atoms with Gasteiger partial charge in [0.25, 0.3) is 0 Å². The summed E-state index contributed by atoms with van der Waals surface area (Å²) >= 11 is 0. The number of rotatable bonds is 71. The number of quaternary nitrogens is 1. The number of nitrogens with zero attached hydrogens (tertiary/aromatic N) is 1. The van der Waals surface area contributed by atoms with E-state index in [0.29, 0.717) is 23.9 Å². The molecule has 0 aliphatic heterocycles. The highest BCUT2D eigenvalue weighted by atomic mass is 31.2. The number of phosphoric acid groups is 1. The summed E-state index contributed by atoms with van der Waals surface area (Å²) in [5, 5.41) is 3.09. The highest BCUT2D eigenvalue weighted by Crippen LogP contribution is 2.43. The van der Waals surface area contributed by atoms with Crippen LogP contribution in [0.25, 0.3) is 0 Å². The van der Waals surface area contributed by atoms with Crippen LogP contribution in [0.15, 0.2) is 24.3 Å². The number of carbonyl (C=O) groups is 2. The van der Waals surface area contributed by atoms with Gasteiger partial charge in [0.15, 0.2) is 0 Å². The third-order valence-corrected chi connectivity index (χ3v) is 18.6. The predicted molar refractivity (Wildman–Crippen MR) is 374 cm³/mol. The molecule has 0 saturated heterocycles. The average molecular weight is 1240 g/mol. The zero-order valence-electron chi connectivity index (χ0n) is 58.6. The standard InChI is InChI=1S/C76H149N2O7P/c1-7-10-13-16-19-22-25-28-30-32-34-36-38-39-41-43-45-47-49-51-54-57-60-63-66-69-76(80)85-74(67-64-61-58-55-52-27-24-21-18-15-12-9-3)73(72-84-86(81,82)83-71-70-78(4,5)6)77-75(79)68-65-62-59-56-53-50-48-46-44-42-40-37-35-33-31-29-26-23-20-17-14-11-8-2/h28,30,64,67,73-74H,7-27,29,31-63,65-66,68-72H2,1-6H3,(H-,77,79,81,82)/p+1/b30-28+,67-64+. The third kappa shape index (κ3) is 66.9. The van der Waals surface area contributed by atoms with Crippen molar-refractivity contribution in [2.75, 3.05) is 40.9 Å². The van der Waals surface area contributed by atoms with E-state index in [4.69, 9.17) is 13.8 Å². The van der Waals surface area contributed by atoms with Crippen LogP contribution in [0.5, 0.6) is 0 Å². The molecule has 0 aliphatic rings. The topological polar surface area (TPSA) is 111 Å². The van der Waals surface area contributed by atoms with Gasteiger partial charge in [0.05, 0.1) is 33.8 Å². The molecule has 0 aliphatic carbocycles. The largest absolute Gasteiger partial charge is 0.472 e. The highest BCUT2D eigenvalue weighted by Gasteiger charge is 2.30. The molecule has 0 aromatic carbocycles. The summed E-state index contributed by atoms with van der Waals surface area (Å²) in [4.78, 5) is 38.0. The van der Waals surface area contributed by atoms with E-state index in [1.807, 2.05) is 27.2 Å². The lowest BCUT2D eigenvalue weighted by molar-refractivity contribution is -0.870. The van der Waals surface area contributed by atoms with Gasteiger partial charge >= 0.3 is 13.8 Å². The Bertz CT molecular complexity index is 1520. The molecular formula is C76H150N2O7P+. The normalized spacial score (nSPS) is 13.5. The fourth-order valence-electron chi connectivity index (χ4n) is 11.8. The Morgan fingerprint density at radius 2 is 0.674 bits per heavy atom. The Morgan fingerprint density at radius 1 is 0.395 bits per heavy atom. The Labute approximate surface area is 536 Å². The summed E-state index contributed by atoms with van der Waals surface area (Å²) in [6, 6.07) is -0.843. The van der Waals surface area contributed by atoms with Gasteiger partial charge in [-0.1, -0.05) is 354 Å². The summed E-state index contributed by atoms with van der Waals surface area (Å²) in [5.74, 6) is -0.478. The second kappa shape index (κ2) is 66.4. The fourth-order valence-corrected chi connectivity index (χ4v) is 12.5. The first-order valence-corrected chi connectivity index (χ1v) is 39.7. The number of hydrogen-bond acceptors (Lipinski definition) is 6. The van der Waals surface area contributed by atoms with E-state index in [1.165, 1.54) is 308 Å². The quantitative estimate of drug-likeness (QED) is 0.0205. The highest BCUT2D eigenvalue weighted by molar-refractivity contribution is 7.47. The third-order valence-electron chi connectivity index (χ3n) is 17.6. The molecule has 0 spiro atoms. The summed E-state index contributed by atoms with van der Waals surface area (Å²) in [5.41, 5.74) is 0. The molecule has 0 heterocycles. The van der Waals surface area contributed by atoms with Crippen molar-refractivity contribution in [1.29, 1.82) is 0 Å². The Hall–Kier alpha value is -1.51. The lowest BCUT2D eigenvalue weighted by Gasteiger charge is -2.27. The molecule has 0 radical (unpaired) electrons. The van der Waals surface area contributed by atoms with E-state index >= 15 is 0 Å². The zero-order valence-corrected chi connectivity index (χ0v) is 59.5. The van der Waals surface area contributed by atoms with Crippen LogP contribution >= 0.6 is 7.82 Å². The second-order valence-electron chi connectivity index (χ2n) is 27.5. The van der Waals surface area contributed by atoms with Crippen molar-refractivity contribution in [1.82, 2.24) is 5.32 Å². The molecule has 510 valence electrons. The van der Waals surface area contributed by atoms with Crippen molar-refractivity contribution >= 4 is 19.7 Å². The monoisotopic (exact) mass is 1230 g/mol. The molecule has 2 N–H and O–H groups in total. The SMILES string of the molecule is CCCCCCCC/C=C/CCCCCCCCCCCCCCCCCC(=O)OC(/C=C/CCCCCCCCCCCC)C(COP(=O)(O)OCC[N+](C)(C)C)NC(=O)CCCCCCCCCCCCCCCCCCCCCCCCC.